The molecule has 0 aliphatic carbocycles. The van der Waals surface area contributed by atoms with E-state index in [2.05, 4.69) is 9.48 Å². The van der Waals surface area contributed by atoms with E-state index in [1.807, 2.05) is 12.4 Å². The fourth-order valence-corrected chi connectivity index (χ4v) is 2.07. The van der Waals surface area contributed by atoms with Gasteiger partial charge in [0, 0.05) is 19.3 Å². The molecule has 2 rings (SSSR count). The van der Waals surface area contributed by atoms with Gasteiger partial charge in [-0.25, -0.2) is 4.58 Å². The third-order valence-electron chi connectivity index (χ3n) is 2.70. The first-order valence-electron chi connectivity index (χ1n) is 6.72. The Labute approximate surface area is 134 Å². The predicted octanol–water partition coefficient (Wildman–Crippen LogP) is 3.89. The number of halogens is 7. The van der Waals surface area contributed by atoms with Crippen LogP contribution in [0.1, 0.15) is 0 Å². The second kappa shape index (κ2) is 7.13. The molecule has 0 aromatic heterocycles. The van der Waals surface area contributed by atoms with Crippen LogP contribution in [0, 0.1) is 0 Å². The quantitative estimate of drug-likeness (QED) is 0.406. The summed E-state index contributed by atoms with van der Waals surface area (Å²) in [7, 11) is -10.7. The van der Waals surface area contributed by atoms with Crippen molar-refractivity contribution in [2.24, 2.45) is 0 Å². The number of hydrogen-bond donors (Lipinski definition) is 0. The van der Waals surface area contributed by atoms with Gasteiger partial charge in [0.2, 0.25) is 0 Å². The van der Waals surface area contributed by atoms with Crippen molar-refractivity contribution < 1.29 is 39.2 Å². The topological polar surface area (TPSA) is 24.7 Å². The number of rotatable bonds is 2. The Balaban J connectivity index is 0.000000322. The molecular weight excluding hydrogens is 373 g/mol. The molecule has 0 aromatic carbocycles. The van der Waals surface area contributed by atoms with Crippen LogP contribution in [-0.2, 0) is 9.47 Å². The molecule has 2 saturated heterocycles. The van der Waals surface area contributed by atoms with Crippen LogP contribution < -0.4 is 0 Å². The first-order valence-corrected chi connectivity index (χ1v) is 9.12. The summed E-state index contributed by atoms with van der Waals surface area (Å²) in [6.45, 7) is 6.85. The summed E-state index contributed by atoms with van der Waals surface area (Å²) < 4.78 is 72.0. The molecule has 0 bridgehead atoms. The van der Waals surface area contributed by atoms with E-state index in [0.29, 0.717) is 0 Å². The Bertz CT molecular complexity index is 442. The molecule has 0 unspecified atom stereocenters. The van der Waals surface area contributed by atoms with Crippen molar-refractivity contribution in [2.75, 3.05) is 52.6 Å². The molecule has 0 saturated carbocycles. The average molecular weight is 391 g/mol. The first kappa shape index (κ1) is 20.5. The van der Waals surface area contributed by atoms with Gasteiger partial charge in [-0.15, -0.1) is 0 Å². The molecule has 0 radical (unpaired) electrons. The van der Waals surface area contributed by atoms with Crippen molar-refractivity contribution in [3.8, 4) is 0 Å². The molecule has 4 nitrogen and oxygen atoms in total. The molecule has 0 spiro atoms. The Morgan fingerprint density at radius 2 is 1.35 bits per heavy atom. The fraction of sp³-hybridized carbons (Fsp3) is 0.727. The zero-order chi connectivity index (χ0) is 17.6. The van der Waals surface area contributed by atoms with Crippen LogP contribution in [0.3, 0.4) is 0 Å². The van der Waals surface area contributed by atoms with E-state index in [0.717, 1.165) is 57.6 Å². The van der Waals surface area contributed by atoms with Gasteiger partial charge >= 0.3 is 33.0 Å². The summed E-state index contributed by atoms with van der Waals surface area (Å²) in [6, 6.07) is 0. The minimum atomic E-state index is -10.7. The van der Waals surface area contributed by atoms with Gasteiger partial charge in [-0.1, -0.05) is 11.6 Å². The molecule has 0 amide bonds. The van der Waals surface area contributed by atoms with Crippen LogP contribution in [0.4, 0.5) is 25.2 Å². The maximum absolute atomic E-state index is 10.7. The van der Waals surface area contributed by atoms with Gasteiger partial charge in [0.25, 0.3) is 0 Å². The first-order chi connectivity index (χ1) is 10.3. The van der Waals surface area contributed by atoms with Gasteiger partial charge in [0.05, 0.1) is 13.2 Å². The monoisotopic (exact) mass is 390 g/mol. The third kappa shape index (κ3) is 14.7. The van der Waals surface area contributed by atoms with Crippen LogP contribution in [0.15, 0.2) is 11.2 Å². The predicted molar refractivity (Wildman–Crippen MR) is 76.8 cm³/mol. The maximum atomic E-state index is 9.87. The van der Waals surface area contributed by atoms with E-state index in [-0.39, 0.29) is 0 Å². The molecule has 23 heavy (non-hydrogen) atoms. The van der Waals surface area contributed by atoms with Crippen molar-refractivity contribution in [3.63, 3.8) is 0 Å². The van der Waals surface area contributed by atoms with Crippen LogP contribution in [0.2, 0.25) is 0 Å². The molecule has 0 N–H and O–H groups in total. The van der Waals surface area contributed by atoms with Gasteiger partial charge < -0.3 is 14.4 Å². The molecule has 0 aromatic rings. The van der Waals surface area contributed by atoms with Gasteiger partial charge in [-0.05, 0) is 0 Å². The van der Waals surface area contributed by atoms with Crippen molar-refractivity contribution in [3.05, 3.63) is 11.2 Å². The van der Waals surface area contributed by atoms with Gasteiger partial charge in [-0.3, -0.25) is 0 Å². The molecule has 138 valence electrons. The number of hydrogen-bond acceptors (Lipinski definition) is 3. The normalized spacial score (nSPS) is 23.3. The molecule has 2 aliphatic rings. The van der Waals surface area contributed by atoms with Crippen LogP contribution >= 0.6 is 19.4 Å². The summed E-state index contributed by atoms with van der Waals surface area (Å²) in [6.07, 6.45) is 4.00. The van der Waals surface area contributed by atoms with Crippen molar-refractivity contribution >= 4 is 25.6 Å². The van der Waals surface area contributed by atoms with Gasteiger partial charge in [0.15, 0.2) is 19.3 Å². The Hall–Kier alpha value is -0.570. The van der Waals surface area contributed by atoms with Crippen molar-refractivity contribution in [1.82, 2.24) is 4.90 Å². The second-order valence-corrected chi connectivity index (χ2v) is 7.25. The van der Waals surface area contributed by atoms with E-state index < -0.39 is 7.81 Å². The van der Waals surface area contributed by atoms with Crippen molar-refractivity contribution in [1.29, 1.82) is 0 Å². The van der Waals surface area contributed by atoms with E-state index in [9.17, 15) is 25.2 Å². The van der Waals surface area contributed by atoms with Crippen LogP contribution in [0.25, 0.3) is 0 Å². The molecule has 0 atom stereocenters. The average Bonchev–Trinajstić information content (AvgIpc) is 2.37. The zero-order valence-electron chi connectivity index (χ0n) is 12.1. The fourth-order valence-electron chi connectivity index (χ4n) is 1.80. The Morgan fingerprint density at radius 3 is 1.83 bits per heavy atom. The number of morpholine rings is 2. The molecular formula is C11H18ClF6N2O2P. The summed E-state index contributed by atoms with van der Waals surface area (Å²) in [5, 5.41) is 0.781. The Morgan fingerprint density at radius 1 is 0.913 bits per heavy atom. The number of ether oxygens (including phenoxy) is 2. The van der Waals surface area contributed by atoms with Crippen LogP contribution in [-0.4, -0.2) is 68.3 Å². The molecule has 2 aliphatic heterocycles. The van der Waals surface area contributed by atoms with Gasteiger partial charge in [-0.2, -0.15) is 0 Å². The van der Waals surface area contributed by atoms with E-state index >= 15 is 0 Å². The molecule has 2 fully saturated rings. The summed E-state index contributed by atoms with van der Waals surface area (Å²) in [5.41, 5.74) is 0. The summed E-state index contributed by atoms with van der Waals surface area (Å²) >= 11 is 6.19. The number of allylic oxidation sites excluding steroid dienone is 1. The molecule has 2 heterocycles. The summed E-state index contributed by atoms with van der Waals surface area (Å²) in [5.74, 6) is 0. The third-order valence-corrected chi connectivity index (χ3v) is 2.90. The van der Waals surface area contributed by atoms with E-state index in [1.54, 1.807) is 0 Å². The van der Waals surface area contributed by atoms with Crippen LogP contribution in [0.5, 0.6) is 0 Å². The van der Waals surface area contributed by atoms with E-state index in [4.69, 9.17) is 21.1 Å². The molecule has 12 heteroatoms. The second-order valence-electron chi connectivity index (χ2n) is 4.90. The van der Waals surface area contributed by atoms with Crippen molar-refractivity contribution in [2.45, 2.75) is 0 Å². The summed E-state index contributed by atoms with van der Waals surface area (Å²) in [4.78, 5) is 2.20. The van der Waals surface area contributed by atoms with E-state index in [1.165, 1.54) is 0 Å². The standard InChI is InChI=1S/C11H18ClN2O2.F6P/c12-11(9-13-1-5-15-6-2-13)10-14-3-7-16-8-4-14;1-7(2,3,4,5)6/h9-10H,1-8H2;/q+1;-1. The Kier molecular flexibility index (Phi) is 6.34. The minimum absolute atomic E-state index is 0.781. The van der Waals surface area contributed by atoms with Gasteiger partial charge in [0.1, 0.15) is 18.2 Å². The number of nitrogens with zero attached hydrogens (tertiary/aromatic N) is 2. The zero-order valence-corrected chi connectivity index (χ0v) is 13.8. The SMILES string of the molecule is Cl/C(C=[N+]1CCOCC1)=C\N1CCOCC1.F[P-](F)(F)(F)(F)F.